The van der Waals surface area contributed by atoms with Crippen LogP contribution in [0.25, 0.3) is 11.8 Å². The first-order chi connectivity index (χ1) is 18.1. The summed E-state index contributed by atoms with van der Waals surface area (Å²) in [6.45, 7) is 6.06. The minimum Gasteiger partial charge on any atom is -0.487 e. The highest BCUT2D eigenvalue weighted by molar-refractivity contribution is 6.30. The highest BCUT2D eigenvalue weighted by Gasteiger charge is 2.38. The number of halogens is 1. The van der Waals surface area contributed by atoms with Gasteiger partial charge in [-0.2, -0.15) is 0 Å². The maximum Gasteiger partial charge on any atom is 0.258 e. The van der Waals surface area contributed by atoms with Crippen molar-refractivity contribution in [2.45, 2.75) is 45.3 Å². The number of pyridine rings is 2. The van der Waals surface area contributed by atoms with Crippen LogP contribution in [0.15, 0.2) is 59.7 Å². The van der Waals surface area contributed by atoms with Crippen LogP contribution in [-0.4, -0.2) is 40.6 Å². The number of hydrogen-bond acceptors (Lipinski definition) is 5. The summed E-state index contributed by atoms with van der Waals surface area (Å²) in [6, 6.07) is 13.8. The lowest BCUT2D eigenvalue weighted by atomic mass is 9.80. The Labute approximate surface area is 222 Å². The second-order valence-corrected chi connectivity index (χ2v) is 11.2. The Bertz CT molecular complexity index is 1360. The number of likely N-dealkylation sites (tertiary alicyclic amines) is 1. The topological polar surface area (TPSA) is 59.4 Å². The van der Waals surface area contributed by atoms with Crippen LogP contribution >= 0.6 is 11.6 Å². The number of nitrogens with one attached hydrogen (secondary N) is 1. The predicted molar refractivity (Wildman–Crippen MR) is 148 cm³/mol. The Balaban J connectivity index is 1.11. The molecule has 1 spiro atoms. The second-order valence-electron chi connectivity index (χ2n) is 10.7. The van der Waals surface area contributed by atoms with Crippen LogP contribution in [0.1, 0.15) is 48.1 Å². The van der Waals surface area contributed by atoms with Crippen molar-refractivity contribution in [1.29, 1.82) is 0 Å². The third-order valence-corrected chi connectivity index (χ3v) is 8.26. The van der Waals surface area contributed by atoms with E-state index in [1.807, 2.05) is 18.3 Å². The molecule has 0 bridgehead atoms. The van der Waals surface area contributed by atoms with Gasteiger partial charge in [-0.1, -0.05) is 29.8 Å². The largest absolute Gasteiger partial charge is 0.487 e. The van der Waals surface area contributed by atoms with E-state index in [-0.39, 0.29) is 12.2 Å². The van der Waals surface area contributed by atoms with Gasteiger partial charge in [-0.05, 0) is 91.6 Å². The van der Waals surface area contributed by atoms with Gasteiger partial charge in [-0.25, -0.2) is 0 Å². The minimum absolute atomic E-state index is 0.0898. The quantitative estimate of drug-likeness (QED) is 0.500. The van der Waals surface area contributed by atoms with E-state index in [0.717, 1.165) is 30.8 Å². The molecule has 192 valence electrons. The van der Waals surface area contributed by atoms with E-state index in [1.54, 1.807) is 22.9 Å². The normalized spacial score (nSPS) is 21.6. The first kappa shape index (κ1) is 24.4. The number of aryl methyl sites for hydroxylation is 1. The van der Waals surface area contributed by atoms with Crippen molar-refractivity contribution in [1.82, 2.24) is 19.8 Å². The zero-order valence-electron chi connectivity index (χ0n) is 21.1. The number of piperidine rings is 1. The lowest BCUT2D eigenvalue weighted by Crippen LogP contribution is -2.41. The van der Waals surface area contributed by atoms with Gasteiger partial charge >= 0.3 is 0 Å². The lowest BCUT2D eigenvalue weighted by Gasteiger charge is -2.34. The van der Waals surface area contributed by atoms with Crippen LogP contribution in [0.3, 0.4) is 0 Å². The fraction of sp³-hybridized carbons (Fsp3) is 0.400. The van der Waals surface area contributed by atoms with Gasteiger partial charge in [0.15, 0.2) is 0 Å². The molecule has 6 rings (SSSR count). The molecule has 1 N–H and O–H groups in total. The number of benzene rings is 1. The summed E-state index contributed by atoms with van der Waals surface area (Å²) in [6.07, 6.45) is 11.3. The number of aromatic nitrogens is 2. The van der Waals surface area contributed by atoms with Gasteiger partial charge in [0.25, 0.3) is 5.56 Å². The summed E-state index contributed by atoms with van der Waals surface area (Å²) in [5.41, 5.74) is 6.15. The van der Waals surface area contributed by atoms with Gasteiger partial charge in [0.1, 0.15) is 12.4 Å². The Morgan fingerprint density at radius 3 is 2.86 bits per heavy atom. The summed E-state index contributed by atoms with van der Waals surface area (Å²) in [5, 5.41) is 4.20. The standard InChI is InChI=1S/C30H33ClN4O2/c31-25-5-6-26(33-17-25)19-37-28-8-12-35(29(36)16-28)27-7-4-23-14-22(2-3-24(23)15-27)18-34-13-10-30(21-34)9-1-11-32-20-30/h2-3,5-6,8,12,14-17,32H,1,4,7,9-11,13,18-21H2. The Morgan fingerprint density at radius 2 is 2.05 bits per heavy atom. The predicted octanol–water partition coefficient (Wildman–Crippen LogP) is 5.00. The Morgan fingerprint density at radius 1 is 1.11 bits per heavy atom. The highest BCUT2D eigenvalue weighted by atomic mass is 35.5. The van der Waals surface area contributed by atoms with Crippen molar-refractivity contribution in [2.24, 2.45) is 5.41 Å². The minimum atomic E-state index is -0.0898. The summed E-state index contributed by atoms with van der Waals surface area (Å²) in [4.78, 5) is 19.7. The van der Waals surface area contributed by atoms with E-state index in [4.69, 9.17) is 16.3 Å². The summed E-state index contributed by atoms with van der Waals surface area (Å²) < 4.78 is 7.50. The van der Waals surface area contributed by atoms with Crippen LogP contribution in [0.5, 0.6) is 5.75 Å². The third-order valence-electron chi connectivity index (χ3n) is 8.04. The number of hydrogen-bond donors (Lipinski definition) is 1. The fourth-order valence-corrected chi connectivity index (χ4v) is 6.17. The van der Waals surface area contributed by atoms with Gasteiger partial charge in [0.05, 0.1) is 10.7 Å². The Kier molecular flexibility index (Phi) is 6.89. The molecule has 1 aliphatic carbocycles. The van der Waals surface area contributed by atoms with E-state index < -0.39 is 0 Å². The number of ether oxygens (including phenoxy) is 1. The summed E-state index contributed by atoms with van der Waals surface area (Å²) in [7, 11) is 0. The maximum absolute atomic E-state index is 12.9. The van der Waals surface area contributed by atoms with E-state index in [1.165, 1.54) is 62.1 Å². The monoisotopic (exact) mass is 516 g/mol. The zero-order chi connectivity index (χ0) is 25.2. The van der Waals surface area contributed by atoms with Crippen molar-refractivity contribution in [3.05, 3.63) is 92.6 Å². The van der Waals surface area contributed by atoms with Crippen molar-refractivity contribution >= 4 is 23.4 Å². The van der Waals surface area contributed by atoms with Crippen LogP contribution in [0.4, 0.5) is 0 Å². The molecule has 1 unspecified atom stereocenters. The van der Waals surface area contributed by atoms with E-state index in [2.05, 4.69) is 39.5 Å². The average Bonchev–Trinajstić information content (AvgIpc) is 3.29. The molecule has 6 nitrogen and oxygen atoms in total. The zero-order valence-corrected chi connectivity index (χ0v) is 21.8. The number of allylic oxidation sites excluding steroid dienone is 1. The van der Waals surface area contributed by atoms with Crippen molar-refractivity contribution in [3.63, 3.8) is 0 Å². The number of rotatable bonds is 6. The van der Waals surface area contributed by atoms with Crippen LogP contribution < -0.4 is 15.6 Å². The summed E-state index contributed by atoms with van der Waals surface area (Å²) >= 11 is 5.88. The van der Waals surface area contributed by atoms with E-state index >= 15 is 0 Å². The highest BCUT2D eigenvalue weighted by Crippen LogP contribution is 2.37. The molecule has 3 aromatic rings. The third kappa shape index (κ3) is 5.52. The molecule has 2 aromatic heterocycles. The first-order valence-corrected chi connectivity index (χ1v) is 13.6. The molecule has 1 aromatic carbocycles. The van der Waals surface area contributed by atoms with Crippen molar-refractivity contribution in [2.75, 3.05) is 26.2 Å². The first-order valence-electron chi connectivity index (χ1n) is 13.3. The molecule has 37 heavy (non-hydrogen) atoms. The summed E-state index contributed by atoms with van der Waals surface area (Å²) in [5.74, 6) is 0.534. The molecule has 2 aliphatic heterocycles. The SMILES string of the molecule is O=c1cc(OCc2ccc(Cl)cn2)ccn1C1=Cc2ccc(CN3CCC4(CCCNC4)C3)cc2CC1. The van der Waals surface area contributed by atoms with Gasteiger partial charge < -0.3 is 10.1 Å². The average molecular weight is 517 g/mol. The van der Waals surface area contributed by atoms with E-state index in [9.17, 15) is 4.79 Å². The number of nitrogens with zero attached hydrogens (tertiary/aromatic N) is 3. The van der Waals surface area contributed by atoms with Gasteiger partial charge in [-0.15, -0.1) is 0 Å². The molecule has 3 aliphatic rings. The molecule has 1 atom stereocenters. The van der Waals surface area contributed by atoms with Crippen LogP contribution in [0.2, 0.25) is 5.02 Å². The molecule has 7 heteroatoms. The van der Waals surface area contributed by atoms with Crippen molar-refractivity contribution < 1.29 is 4.74 Å². The molecule has 0 saturated carbocycles. The molecule has 0 radical (unpaired) electrons. The lowest BCUT2D eigenvalue weighted by molar-refractivity contribution is 0.199. The molecular weight excluding hydrogens is 484 g/mol. The molecule has 4 heterocycles. The molecule has 0 amide bonds. The molecule has 2 saturated heterocycles. The van der Waals surface area contributed by atoms with Gasteiger partial charge in [0.2, 0.25) is 0 Å². The van der Waals surface area contributed by atoms with Gasteiger partial charge in [-0.3, -0.25) is 19.2 Å². The number of fused-ring (bicyclic) bond motifs is 1. The van der Waals surface area contributed by atoms with Crippen LogP contribution in [-0.2, 0) is 19.6 Å². The van der Waals surface area contributed by atoms with Gasteiger partial charge in [0, 0.05) is 43.8 Å². The Hall–Kier alpha value is -2.93. The fourth-order valence-electron chi connectivity index (χ4n) is 6.06. The molecule has 2 fully saturated rings. The maximum atomic E-state index is 12.9. The second kappa shape index (κ2) is 10.4. The van der Waals surface area contributed by atoms with E-state index in [0.29, 0.717) is 16.2 Å². The molecular formula is C30H33ClN4O2. The van der Waals surface area contributed by atoms with Crippen molar-refractivity contribution in [3.8, 4) is 5.75 Å². The van der Waals surface area contributed by atoms with Crippen LogP contribution in [0, 0.1) is 5.41 Å². The smallest absolute Gasteiger partial charge is 0.258 e.